The van der Waals surface area contributed by atoms with Gasteiger partial charge in [0.25, 0.3) is 0 Å². The van der Waals surface area contributed by atoms with Gasteiger partial charge < -0.3 is 22.2 Å². The number of halogens is 1. The summed E-state index contributed by atoms with van der Waals surface area (Å²) < 4.78 is 1.06. The second-order valence-electron chi connectivity index (χ2n) is 9.37. The van der Waals surface area contributed by atoms with Crippen molar-refractivity contribution in [1.82, 2.24) is 5.32 Å². The zero-order valence-corrected chi connectivity index (χ0v) is 20.9. The first-order valence-electron chi connectivity index (χ1n) is 12.1. The summed E-state index contributed by atoms with van der Waals surface area (Å²) in [6.07, 6.45) is 20.9. The topological polar surface area (TPSA) is 29.1 Å². The van der Waals surface area contributed by atoms with E-state index in [9.17, 15) is 4.79 Å². The molecule has 0 atom stereocenters. The average molecular weight is 431 g/mol. The number of amides is 1. The Morgan fingerprint density at radius 1 is 0.724 bits per heavy atom. The first-order valence-corrected chi connectivity index (χ1v) is 12.1. The Morgan fingerprint density at radius 2 is 1.10 bits per heavy atom. The van der Waals surface area contributed by atoms with Crippen LogP contribution in [-0.4, -0.2) is 44.1 Å². The number of nitrogens with one attached hydrogen (secondary N) is 1. The Morgan fingerprint density at radius 3 is 1.52 bits per heavy atom. The van der Waals surface area contributed by atoms with Crippen molar-refractivity contribution in [2.75, 3.05) is 33.7 Å². The van der Waals surface area contributed by atoms with Crippen LogP contribution in [0.2, 0.25) is 0 Å². The van der Waals surface area contributed by atoms with Crippen LogP contribution < -0.4 is 17.7 Å². The third-order valence-corrected chi connectivity index (χ3v) is 5.73. The molecule has 0 aromatic carbocycles. The van der Waals surface area contributed by atoms with E-state index < -0.39 is 0 Å². The highest BCUT2D eigenvalue weighted by Gasteiger charge is 2.14. The number of carbonyl (C=O) groups is 1. The van der Waals surface area contributed by atoms with Gasteiger partial charge in [0.2, 0.25) is 5.91 Å². The lowest BCUT2D eigenvalue weighted by Gasteiger charge is -2.30. The van der Waals surface area contributed by atoms with Crippen molar-refractivity contribution in [2.45, 2.75) is 110 Å². The molecule has 0 aliphatic heterocycles. The van der Waals surface area contributed by atoms with Crippen LogP contribution in [-0.2, 0) is 4.79 Å². The van der Waals surface area contributed by atoms with E-state index in [4.69, 9.17) is 0 Å². The number of hydrogen-bond donors (Lipinski definition) is 1. The summed E-state index contributed by atoms with van der Waals surface area (Å²) in [5, 5.41) is 2.93. The van der Waals surface area contributed by atoms with E-state index >= 15 is 0 Å². The lowest BCUT2D eigenvalue weighted by molar-refractivity contribution is -0.890. The standard InChI is InChI=1S/C25H50N2O.ClH/c1-6-7-8-9-10-11-12-13-14-15-16-17-18-19-22-27(4,5)23-20-21-26-25(28)24(2)3;/h2,6-23H2,1,3-5H3;1H. The maximum absolute atomic E-state index is 11.5. The predicted molar refractivity (Wildman–Crippen MR) is 125 cm³/mol. The van der Waals surface area contributed by atoms with Crippen LogP contribution in [0.5, 0.6) is 0 Å². The molecule has 0 aromatic rings. The quantitative estimate of drug-likeness (QED) is 0.178. The molecule has 0 radical (unpaired) electrons. The molecule has 0 saturated heterocycles. The Balaban J connectivity index is 0. The minimum Gasteiger partial charge on any atom is -1.00 e. The highest BCUT2D eigenvalue weighted by Crippen LogP contribution is 2.13. The fourth-order valence-corrected chi connectivity index (χ4v) is 3.71. The van der Waals surface area contributed by atoms with Crippen LogP contribution >= 0.6 is 0 Å². The smallest absolute Gasteiger partial charge is 0.246 e. The molecule has 1 N–H and O–H groups in total. The summed E-state index contributed by atoms with van der Waals surface area (Å²) in [6.45, 7) is 10.8. The molecule has 0 bridgehead atoms. The van der Waals surface area contributed by atoms with Gasteiger partial charge in [0.15, 0.2) is 0 Å². The molecule has 29 heavy (non-hydrogen) atoms. The van der Waals surface area contributed by atoms with E-state index in [1.165, 1.54) is 96.4 Å². The molecule has 0 saturated carbocycles. The number of quaternary nitrogens is 1. The number of unbranched alkanes of at least 4 members (excludes halogenated alkanes) is 13. The number of hydrogen-bond acceptors (Lipinski definition) is 1. The fraction of sp³-hybridized carbons (Fsp3) is 0.880. The van der Waals surface area contributed by atoms with Gasteiger partial charge in [0.1, 0.15) is 0 Å². The zero-order chi connectivity index (χ0) is 21.1. The zero-order valence-electron chi connectivity index (χ0n) is 20.2. The minimum absolute atomic E-state index is 0. The lowest BCUT2D eigenvalue weighted by Crippen LogP contribution is -3.00. The molecule has 0 aliphatic rings. The molecule has 0 aliphatic carbocycles. The van der Waals surface area contributed by atoms with Crippen LogP contribution in [0.3, 0.4) is 0 Å². The summed E-state index contributed by atoms with van der Waals surface area (Å²) in [6, 6.07) is 0. The van der Waals surface area contributed by atoms with E-state index in [0.29, 0.717) is 5.57 Å². The molecule has 0 spiro atoms. The second kappa shape index (κ2) is 20.7. The first kappa shape index (κ1) is 30.7. The summed E-state index contributed by atoms with van der Waals surface area (Å²) >= 11 is 0. The molecule has 3 nitrogen and oxygen atoms in total. The number of rotatable bonds is 20. The van der Waals surface area contributed by atoms with Gasteiger partial charge in [0, 0.05) is 18.5 Å². The molecule has 0 heterocycles. The van der Waals surface area contributed by atoms with E-state index in [2.05, 4.69) is 32.9 Å². The Hall–Kier alpha value is -0.540. The van der Waals surface area contributed by atoms with Gasteiger partial charge in [-0.1, -0.05) is 90.6 Å². The molecular weight excluding hydrogens is 380 g/mol. The van der Waals surface area contributed by atoms with Crippen LogP contribution in [0.1, 0.15) is 110 Å². The monoisotopic (exact) mass is 430 g/mol. The fourth-order valence-electron chi connectivity index (χ4n) is 3.71. The Labute approximate surface area is 189 Å². The van der Waals surface area contributed by atoms with Crippen LogP contribution in [0, 0.1) is 0 Å². The first-order chi connectivity index (χ1) is 13.4. The molecule has 0 fully saturated rings. The van der Waals surface area contributed by atoms with Gasteiger partial charge in [-0.3, -0.25) is 4.79 Å². The van der Waals surface area contributed by atoms with Gasteiger partial charge in [0.05, 0.1) is 27.2 Å². The van der Waals surface area contributed by atoms with Gasteiger partial charge in [-0.15, -0.1) is 0 Å². The Kier molecular flexibility index (Phi) is 21.9. The number of nitrogens with zero attached hydrogens (tertiary/aromatic N) is 1. The van der Waals surface area contributed by atoms with Crippen molar-refractivity contribution in [3.8, 4) is 0 Å². The van der Waals surface area contributed by atoms with E-state index in [0.717, 1.165) is 24.0 Å². The highest BCUT2D eigenvalue weighted by atomic mass is 35.5. The molecule has 0 rings (SSSR count). The highest BCUT2D eigenvalue weighted by molar-refractivity contribution is 5.91. The number of carbonyl (C=O) groups excluding carboxylic acids is 1. The largest absolute Gasteiger partial charge is 1.00 e. The average Bonchev–Trinajstić information content (AvgIpc) is 2.65. The maximum Gasteiger partial charge on any atom is 0.246 e. The van der Waals surface area contributed by atoms with Crippen LogP contribution in [0.4, 0.5) is 0 Å². The van der Waals surface area contributed by atoms with Gasteiger partial charge in [-0.2, -0.15) is 0 Å². The van der Waals surface area contributed by atoms with Gasteiger partial charge >= 0.3 is 0 Å². The lowest BCUT2D eigenvalue weighted by atomic mass is 10.0. The molecule has 1 amide bonds. The van der Waals surface area contributed by atoms with Gasteiger partial charge in [-0.25, -0.2) is 0 Å². The third kappa shape index (κ3) is 22.0. The molecule has 0 unspecified atom stereocenters. The van der Waals surface area contributed by atoms with Crippen molar-refractivity contribution in [2.24, 2.45) is 0 Å². The molecule has 174 valence electrons. The minimum atomic E-state index is -0.0164. The van der Waals surface area contributed by atoms with E-state index in [1.807, 2.05) is 0 Å². The molecule has 0 aromatic heterocycles. The van der Waals surface area contributed by atoms with Gasteiger partial charge in [-0.05, 0) is 19.8 Å². The van der Waals surface area contributed by atoms with Crippen molar-refractivity contribution < 1.29 is 21.7 Å². The van der Waals surface area contributed by atoms with Crippen LogP contribution in [0.25, 0.3) is 0 Å². The van der Waals surface area contributed by atoms with Crippen molar-refractivity contribution in [3.63, 3.8) is 0 Å². The van der Waals surface area contributed by atoms with E-state index in [-0.39, 0.29) is 18.3 Å². The summed E-state index contributed by atoms with van der Waals surface area (Å²) in [5.74, 6) is -0.0164. The van der Waals surface area contributed by atoms with Crippen molar-refractivity contribution in [3.05, 3.63) is 12.2 Å². The van der Waals surface area contributed by atoms with E-state index in [1.54, 1.807) is 6.92 Å². The summed E-state index contributed by atoms with van der Waals surface area (Å²) in [5.41, 5.74) is 0.594. The molecule has 4 heteroatoms. The normalized spacial score (nSPS) is 11.2. The SMILES string of the molecule is C=C(C)C(=O)NCCC[N+](C)(C)CCCCCCCCCCCCCCCC.[Cl-]. The van der Waals surface area contributed by atoms with Crippen molar-refractivity contribution in [1.29, 1.82) is 0 Å². The summed E-state index contributed by atoms with van der Waals surface area (Å²) in [7, 11) is 4.62. The second-order valence-corrected chi connectivity index (χ2v) is 9.37. The third-order valence-electron chi connectivity index (χ3n) is 5.73. The summed E-state index contributed by atoms with van der Waals surface area (Å²) in [4.78, 5) is 11.5. The van der Waals surface area contributed by atoms with Crippen molar-refractivity contribution >= 4 is 5.91 Å². The maximum atomic E-state index is 11.5. The Bertz CT molecular complexity index is 396. The predicted octanol–water partition coefficient (Wildman–Crippen LogP) is 3.63. The molecular formula is C25H51ClN2O. The van der Waals surface area contributed by atoms with Crippen LogP contribution in [0.15, 0.2) is 12.2 Å².